The number of ether oxygens (including phenoxy) is 1. The second-order valence-electron chi connectivity index (χ2n) is 6.11. The Hall–Kier alpha value is -3.47. The van der Waals surface area contributed by atoms with E-state index in [4.69, 9.17) is 4.74 Å². The number of pyridine rings is 1. The number of hydrogen-bond donors (Lipinski definition) is 0. The topological polar surface area (TPSA) is 47.8 Å². The maximum Gasteiger partial charge on any atom is 0.340 e. The van der Waals surface area contributed by atoms with Gasteiger partial charge >= 0.3 is 5.97 Å². The lowest BCUT2D eigenvalue weighted by atomic mass is 10.1. The fourth-order valence-electron chi connectivity index (χ4n) is 3.24. The first kappa shape index (κ1) is 17.0. The summed E-state index contributed by atoms with van der Waals surface area (Å²) >= 11 is 0. The molecule has 0 unspecified atom stereocenters. The summed E-state index contributed by atoms with van der Waals surface area (Å²) in [6.45, 7) is 1.97. The van der Waals surface area contributed by atoms with Crippen molar-refractivity contribution in [1.82, 2.24) is 4.40 Å². The van der Waals surface area contributed by atoms with E-state index in [1.165, 1.54) is 24.3 Å². The molecule has 4 nitrogen and oxygen atoms in total. The second-order valence-corrected chi connectivity index (χ2v) is 6.11. The zero-order chi connectivity index (χ0) is 19.0. The Morgan fingerprint density at radius 3 is 2.44 bits per heavy atom. The van der Waals surface area contributed by atoms with Gasteiger partial charge in [-0.15, -0.1) is 0 Å². The van der Waals surface area contributed by atoms with Crippen molar-refractivity contribution < 1.29 is 18.7 Å². The smallest absolute Gasteiger partial charge is 0.340 e. The van der Waals surface area contributed by atoms with Crippen LogP contribution >= 0.6 is 0 Å². The van der Waals surface area contributed by atoms with E-state index in [1.54, 1.807) is 23.5 Å². The number of halogens is 1. The van der Waals surface area contributed by atoms with E-state index in [1.807, 2.05) is 30.3 Å². The molecule has 2 heterocycles. The Bertz CT molecular complexity index is 1180. The van der Waals surface area contributed by atoms with Gasteiger partial charge in [-0.3, -0.25) is 4.79 Å². The predicted molar refractivity (Wildman–Crippen MR) is 101 cm³/mol. The van der Waals surface area contributed by atoms with Gasteiger partial charge in [-0.25, -0.2) is 9.18 Å². The van der Waals surface area contributed by atoms with Crippen LogP contribution in [0.25, 0.3) is 16.4 Å². The van der Waals surface area contributed by atoms with Crippen molar-refractivity contribution in [2.24, 2.45) is 0 Å². The highest BCUT2D eigenvalue weighted by atomic mass is 19.1. The van der Waals surface area contributed by atoms with Gasteiger partial charge in [-0.2, -0.15) is 0 Å². The number of fused-ring (bicyclic) bond motifs is 3. The van der Waals surface area contributed by atoms with E-state index < -0.39 is 11.8 Å². The minimum absolute atomic E-state index is 0.241. The van der Waals surface area contributed by atoms with Crippen molar-refractivity contribution in [3.63, 3.8) is 0 Å². The standard InChI is InChI=1S/C22H16FNO3/c1-2-27-22(26)17-13-20(21(25)15-7-10-16(23)11-8-15)24-18-6-4-3-5-14(18)9-12-19(17)24/h3-13H,2H2,1H3. The molecule has 0 saturated carbocycles. The Morgan fingerprint density at radius 2 is 1.70 bits per heavy atom. The van der Waals surface area contributed by atoms with Gasteiger partial charge in [-0.05, 0) is 54.8 Å². The molecule has 0 saturated heterocycles. The van der Waals surface area contributed by atoms with Crippen molar-refractivity contribution in [3.05, 3.63) is 89.4 Å². The van der Waals surface area contributed by atoms with Gasteiger partial charge in [0.2, 0.25) is 5.78 Å². The average molecular weight is 361 g/mol. The van der Waals surface area contributed by atoms with Crippen LogP contribution in [-0.4, -0.2) is 22.8 Å². The van der Waals surface area contributed by atoms with Gasteiger partial charge in [0.15, 0.2) is 0 Å². The Balaban J connectivity index is 2.00. The predicted octanol–water partition coefficient (Wildman–Crippen LogP) is 4.64. The van der Waals surface area contributed by atoms with Gasteiger partial charge in [0.25, 0.3) is 0 Å². The summed E-state index contributed by atoms with van der Waals surface area (Å²) < 4.78 is 20.1. The molecule has 0 N–H and O–H groups in total. The van der Waals surface area contributed by atoms with E-state index in [2.05, 4.69) is 0 Å². The first-order valence-corrected chi connectivity index (χ1v) is 8.60. The van der Waals surface area contributed by atoms with Gasteiger partial charge in [0.05, 0.1) is 28.9 Å². The number of carbonyl (C=O) groups is 2. The Kier molecular flexibility index (Phi) is 4.20. The second kappa shape index (κ2) is 6.68. The first-order chi connectivity index (χ1) is 13.1. The molecular formula is C22H16FNO3. The van der Waals surface area contributed by atoms with Crippen LogP contribution in [0.1, 0.15) is 33.3 Å². The molecule has 5 heteroatoms. The summed E-state index contributed by atoms with van der Waals surface area (Å²) in [5.74, 6) is -1.19. The van der Waals surface area contributed by atoms with Crippen LogP contribution in [0, 0.1) is 5.82 Å². The third kappa shape index (κ3) is 2.87. The lowest BCUT2D eigenvalue weighted by Gasteiger charge is -2.07. The number of aromatic nitrogens is 1. The van der Waals surface area contributed by atoms with Gasteiger partial charge in [-0.1, -0.05) is 24.3 Å². The quantitative estimate of drug-likeness (QED) is 0.393. The van der Waals surface area contributed by atoms with Crippen molar-refractivity contribution in [3.8, 4) is 0 Å². The normalized spacial score (nSPS) is 11.0. The molecular weight excluding hydrogens is 345 g/mol. The molecule has 4 rings (SSSR count). The minimum atomic E-state index is -0.483. The highest BCUT2D eigenvalue weighted by molar-refractivity contribution is 6.12. The molecule has 2 aromatic heterocycles. The summed E-state index contributed by atoms with van der Waals surface area (Å²) in [6.07, 6.45) is 0. The summed E-state index contributed by atoms with van der Waals surface area (Å²) in [7, 11) is 0. The fourth-order valence-corrected chi connectivity index (χ4v) is 3.24. The monoisotopic (exact) mass is 361 g/mol. The maximum atomic E-state index is 13.2. The molecule has 4 aromatic rings. The Labute approximate surface area is 154 Å². The molecule has 0 aliphatic carbocycles. The van der Waals surface area contributed by atoms with Crippen molar-refractivity contribution >= 4 is 28.2 Å². The van der Waals surface area contributed by atoms with Crippen molar-refractivity contribution in [2.75, 3.05) is 6.61 Å². The lowest BCUT2D eigenvalue weighted by Crippen LogP contribution is -2.05. The van der Waals surface area contributed by atoms with Gasteiger partial charge in [0, 0.05) is 5.56 Å². The van der Waals surface area contributed by atoms with Crippen molar-refractivity contribution in [1.29, 1.82) is 0 Å². The van der Waals surface area contributed by atoms with Crippen LogP contribution in [0.15, 0.2) is 66.7 Å². The first-order valence-electron chi connectivity index (χ1n) is 8.60. The number of rotatable bonds is 4. The van der Waals surface area contributed by atoms with Crippen LogP contribution in [0.3, 0.4) is 0 Å². The zero-order valence-corrected chi connectivity index (χ0v) is 14.6. The number of nitrogens with zero attached hydrogens (tertiary/aromatic N) is 1. The van der Waals surface area contributed by atoms with E-state index >= 15 is 0 Å². The largest absolute Gasteiger partial charge is 0.462 e. The third-order valence-corrected chi connectivity index (χ3v) is 4.47. The fraction of sp³-hybridized carbons (Fsp3) is 0.0909. The third-order valence-electron chi connectivity index (χ3n) is 4.47. The number of carbonyl (C=O) groups excluding carboxylic acids is 2. The van der Waals surface area contributed by atoms with E-state index in [0.717, 1.165) is 10.9 Å². The van der Waals surface area contributed by atoms with Gasteiger partial charge < -0.3 is 9.14 Å². The molecule has 134 valence electrons. The van der Waals surface area contributed by atoms with E-state index in [-0.39, 0.29) is 12.4 Å². The maximum absolute atomic E-state index is 13.2. The lowest BCUT2D eigenvalue weighted by molar-refractivity contribution is 0.0529. The van der Waals surface area contributed by atoms with E-state index in [0.29, 0.717) is 22.3 Å². The zero-order valence-electron chi connectivity index (χ0n) is 14.6. The molecule has 0 fully saturated rings. The molecule has 2 aromatic carbocycles. The highest BCUT2D eigenvalue weighted by Crippen LogP contribution is 2.26. The molecule has 0 aliphatic heterocycles. The summed E-state index contributed by atoms with van der Waals surface area (Å²) in [5.41, 5.74) is 2.40. The summed E-state index contributed by atoms with van der Waals surface area (Å²) in [5, 5.41) is 0.934. The van der Waals surface area contributed by atoms with Crippen LogP contribution in [0.4, 0.5) is 4.39 Å². The number of ketones is 1. The summed E-state index contributed by atoms with van der Waals surface area (Å²) in [6, 6.07) is 18.2. The average Bonchev–Trinajstić information content (AvgIpc) is 3.08. The molecule has 0 radical (unpaired) electrons. The van der Waals surface area contributed by atoms with Crippen molar-refractivity contribution in [2.45, 2.75) is 6.92 Å². The highest BCUT2D eigenvalue weighted by Gasteiger charge is 2.22. The molecule has 0 atom stereocenters. The van der Waals surface area contributed by atoms with E-state index in [9.17, 15) is 14.0 Å². The van der Waals surface area contributed by atoms with Crippen LogP contribution in [0.2, 0.25) is 0 Å². The number of benzene rings is 2. The molecule has 0 spiro atoms. The number of para-hydroxylation sites is 1. The molecule has 27 heavy (non-hydrogen) atoms. The van der Waals surface area contributed by atoms with Gasteiger partial charge in [0.1, 0.15) is 5.82 Å². The Morgan fingerprint density at radius 1 is 0.963 bits per heavy atom. The minimum Gasteiger partial charge on any atom is -0.462 e. The molecule has 0 aliphatic rings. The number of hydrogen-bond acceptors (Lipinski definition) is 3. The summed E-state index contributed by atoms with van der Waals surface area (Å²) in [4.78, 5) is 25.5. The molecule has 0 bridgehead atoms. The van der Waals surface area contributed by atoms with Crippen LogP contribution in [-0.2, 0) is 4.74 Å². The van der Waals surface area contributed by atoms with Crippen LogP contribution in [0.5, 0.6) is 0 Å². The molecule has 0 amide bonds. The number of esters is 1. The SMILES string of the molecule is CCOC(=O)c1cc(C(=O)c2ccc(F)cc2)n2c1ccc1ccccc12. The van der Waals surface area contributed by atoms with Crippen LogP contribution < -0.4 is 0 Å².